The van der Waals surface area contributed by atoms with Crippen LogP contribution >= 0.6 is 0 Å². The van der Waals surface area contributed by atoms with E-state index in [1.165, 1.54) is 6.42 Å². The molecule has 0 unspecified atom stereocenters. The lowest BCUT2D eigenvalue weighted by Gasteiger charge is -2.23. The molecule has 0 saturated carbocycles. The van der Waals surface area contributed by atoms with Crippen LogP contribution in [0.1, 0.15) is 55.2 Å². The standard InChI is InChI=1S/C18H28N4O2/c1-13-11-16(22-18(20-13)14-3-2-8-19-12-14)4-5-17(23)21-15-6-9-24-10-7-15/h11,14-15,19H,2-10,12H2,1H3,(H,21,23)/t14-/m1/s1. The zero-order chi connectivity index (χ0) is 16.8. The molecule has 2 saturated heterocycles. The van der Waals surface area contributed by atoms with Gasteiger partial charge in [0.1, 0.15) is 5.82 Å². The van der Waals surface area contributed by atoms with Gasteiger partial charge in [-0.3, -0.25) is 4.79 Å². The molecule has 0 bridgehead atoms. The summed E-state index contributed by atoms with van der Waals surface area (Å²) >= 11 is 0. The number of piperidine rings is 1. The molecule has 0 spiro atoms. The van der Waals surface area contributed by atoms with E-state index in [2.05, 4.69) is 15.6 Å². The van der Waals surface area contributed by atoms with Gasteiger partial charge in [0.05, 0.1) is 0 Å². The van der Waals surface area contributed by atoms with Crippen molar-refractivity contribution in [2.75, 3.05) is 26.3 Å². The van der Waals surface area contributed by atoms with E-state index in [1.54, 1.807) is 0 Å². The molecule has 132 valence electrons. The Labute approximate surface area is 143 Å². The summed E-state index contributed by atoms with van der Waals surface area (Å²) in [6, 6.07) is 2.27. The summed E-state index contributed by atoms with van der Waals surface area (Å²) in [5, 5.41) is 6.52. The Hall–Kier alpha value is -1.53. The highest BCUT2D eigenvalue weighted by molar-refractivity contribution is 5.76. The number of carbonyl (C=O) groups is 1. The summed E-state index contributed by atoms with van der Waals surface area (Å²) in [6.45, 7) is 5.53. The second kappa shape index (κ2) is 8.53. The van der Waals surface area contributed by atoms with Crippen LogP contribution in [0.3, 0.4) is 0 Å². The molecule has 1 aromatic rings. The molecular weight excluding hydrogens is 304 g/mol. The average Bonchev–Trinajstić information content (AvgIpc) is 2.61. The first-order chi connectivity index (χ1) is 11.7. The maximum absolute atomic E-state index is 12.2. The number of amides is 1. The summed E-state index contributed by atoms with van der Waals surface area (Å²) < 4.78 is 5.32. The smallest absolute Gasteiger partial charge is 0.220 e. The van der Waals surface area contributed by atoms with Gasteiger partial charge in [-0.15, -0.1) is 0 Å². The van der Waals surface area contributed by atoms with Gasteiger partial charge >= 0.3 is 0 Å². The number of nitrogens with zero attached hydrogens (tertiary/aromatic N) is 2. The SMILES string of the molecule is Cc1cc(CCC(=O)NC2CCOCC2)nc([C@@H]2CCCNC2)n1. The normalized spacial score (nSPS) is 22.3. The van der Waals surface area contributed by atoms with E-state index in [9.17, 15) is 4.79 Å². The molecule has 2 aliphatic rings. The fourth-order valence-electron chi connectivity index (χ4n) is 3.42. The van der Waals surface area contributed by atoms with Crippen molar-refractivity contribution in [1.82, 2.24) is 20.6 Å². The van der Waals surface area contributed by atoms with Crippen LogP contribution in [0.2, 0.25) is 0 Å². The molecule has 0 aliphatic carbocycles. The van der Waals surface area contributed by atoms with Crippen molar-refractivity contribution in [2.24, 2.45) is 0 Å². The summed E-state index contributed by atoms with van der Waals surface area (Å²) in [5.41, 5.74) is 1.97. The summed E-state index contributed by atoms with van der Waals surface area (Å²) in [4.78, 5) is 21.5. The van der Waals surface area contributed by atoms with Crippen LogP contribution < -0.4 is 10.6 Å². The van der Waals surface area contributed by atoms with Crippen molar-refractivity contribution in [1.29, 1.82) is 0 Å². The van der Waals surface area contributed by atoms with Crippen molar-refractivity contribution < 1.29 is 9.53 Å². The Kier molecular flexibility index (Phi) is 6.15. The van der Waals surface area contributed by atoms with Crippen LogP contribution in [-0.2, 0) is 16.0 Å². The largest absolute Gasteiger partial charge is 0.381 e. The van der Waals surface area contributed by atoms with Crippen LogP contribution in [0, 0.1) is 6.92 Å². The molecule has 0 aromatic carbocycles. The third-order valence-corrected chi connectivity index (χ3v) is 4.78. The Morgan fingerprint density at radius 1 is 1.33 bits per heavy atom. The number of rotatable bonds is 5. The number of carbonyl (C=O) groups excluding carboxylic acids is 1. The fraction of sp³-hybridized carbons (Fsp3) is 0.722. The van der Waals surface area contributed by atoms with Gasteiger partial charge in [-0.2, -0.15) is 0 Å². The van der Waals surface area contributed by atoms with Gasteiger partial charge in [-0.05, 0) is 51.6 Å². The highest BCUT2D eigenvalue weighted by Gasteiger charge is 2.19. The first-order valence-electron chi connectivity index (χ1n) is 9.13. The average molecular weight is 332 g/mol. The molecule has 0 radical (unpaired) electrons. The molecule has 3 heterocycles. The predicted octanol–water partition coefficient (Wildman–Crippen LogP) is 1.48. The minimum Gasteiger partial charge on any atom is -0.381 e. The third kappa shape index (κ3) is 4.98. The topological polar surface area (TPSA) is 76.1 Å². The molecule has 2 aliphatic heterocycles. The minimum absolute atomic E-state index is 0.110. The predicted molar refractivity (Wildman–Crippen MR) is 91.9 cm³/mol. The number of hydrogen-bond donors (Lipinski definition) is 2. The second-order valence-corrected chi connectivity index (χ2v) is 6.86. The lowest BCUT2D eigenvalue weighted by molar-refractivity contribution is -0.122. The van der Waals surface area contributed by atoms with Crippen LogP contribution in [0.5, 0.6) is 0 Å². The monoisotopic (exact) mass is 332 g/mol. The highest BCUT2D eigenvalue weighted by Crippen LogP contribution is 2.20. The van der Waals surface area contributed by atoms with E-state index in [1.807, 2.05) is 13.0 Å². The third-order valence-electron chi connectivity index (χ3n) is 4.78. The highest BCUT2D eigenvalue weighted by atomic mass is 16.5. The zero-order valence-corrected chi connectivity index (χ0v) is 14.5. The van der Waals surface area contributed by atoms with Gasteiger partial charge < -0.3 is 15.4 Å². The van der Waals surface area contributed by atoms with Gasteiger partial charge in [0.2, 0.25) is 5.91 Å². The Morgan fingerprint density at radius 3 is 2.92 bits per heavy atom. The fourth-order valence-corrected chi connectivity index (χ4v) is 3.42. The Balaban J connectivity index is 1.54. The van der Waals surface area contributed by atoms with E-state index < -0.39 is 0 Å². The van der Waals surface area contributed by atoms with E-state index in [4.69, 9.17) is 9.72 Å². The molecule has 3 rings (SSSR count). The lowest BCUT2D eigenvalue weighted by Crippen LogP contribution is -2.39. The van der Waals surface area contributed by atoms with Gasteiger partial charge in [0.25, 0.3) is 0 Å². The van der Waals surface area contributed by atoms with E-state index >= 15 is 0 Å². The van der Waals surface area contributed by atoms with Gasteiger partial charge in [-0.1, -0.05) is 0 Å². The molecule has 2 fully saturated rings. The van der Waals surface area contributed by atoms with E-state index in [0.717, 1.165) is 62.8 Å². The number of aryl methyl sites for hydroxylation is 2. The van der Waals surface area contributed by atoms with Crippen molar-refractivity contribution in [3.63, 3.8) is 0 Å². The Morgan fingerprint density at radius 2 is 2.17 bits per heavy atom. The van der Waals surface area contributed by atoms with E-state index in [0.29, 0.717) is 18.8 Å². The van der Waals surface area contributed by atoms with Crippen molar-refractivity contribution in [2.45, 2.75) is 57.4 Å². The number of hydrogen-bond acceptors (Lipinski definition) is 5. The maximum atomic E-state index is 12.2. The zero-order valence-electron chi connectivity index (χ0n) is 14.5. The van der Waals surface area contributed by atoms with Crippen LogP contribution in [0.25, 0.3) is 0 Å². The molecule has 1 amide bonds. The van der Waals surface area contributed by atoms with Crippen LogP contribution in [-0.4, -0.2) is 48.2 Å². The quantitative estimate of drug-likeness (QED) is 0.854. The van der Waals surface area contributed by atoms with Crippen LogP contribution in [0.4, 0.5) is 0 Å². The van der Waals surface area contributed by atoms with Gasteiger partial charge in [-0.25, -0.2) is 9.97 Å². The van der Waals surface area contributed by atoms with Crippen molar-refractivity contribution >= 4 is 5.91 Å². The minimum atomic E-state index is 0.110. The molecule has 1 atom stereocenters. The molecule has 6 heteroatoms. The van der Waals surface area contributed by atoms with Crippen molar-refractivity contribution in [3.8, 4) is 0 Å². The Bertz CT molecular complexity index is 552. The van der Waals surface area contributed by atoms with Crippen LogP contribution in [0.15, 0.2) is 6.07 Å². The molecular formula is C18H28N4O2. The molecule has 1 aromatic heterocycles. The first kappa shape index (κ1) is 17.3. The number of aromatic nitrogens is 2. The molecule has 2 N–H and O–H groups in total. The number of ether oxygens (including phenoxy) is 1. The van der Waals surface area contributed by atoms with Gasteiger partial charge in [0, 0.05) is 49.5 Å². The second-order valence-electron chi connectivity index (χ2n) is 6.86. The van der Waals surface area contributed by atoms with E-state index in [-0.39, 0.29) is 11.9 Å². The summed E-state index contributed by atoms with van der Waals surface area (Å²) in [5.74, 6) is 1.44. The van der Waals surface area contributed by atoms with Gasteiger partial charge in [0.15, 0.2) is 0 Å². The lowest BCUT2D eigenvalue weighted by atomic mass is 9.98. The molecule has 6 nitrogen and oxygen atoms in total. The summed E-state index contributed by atoms with van der Waals surface area (Å²) in [7, 11) is 0. The molecule has 24 heavy (non-hydrogen) atoms. The van der Waals surface area contributed by atoms with Crippen molar-refractivity contribution in [3.05, 3.63) is 23.3 Å². The summed E-state index contributed by atoms with van der Waals surface area (Å²) in [6.07, 6.45) is 5.29. The maximum Gasteiger partial charge on any atom is 0.220 e. The first-order valence-corrected chi connectivity index (χ1v) is 9.13. The number of nitrogens with one attached hydrogen (secondary N) is 2.